The summed E-state index contributed by atoms with van der Waals surface area (Å²) in [4.78, 5) is 31.7. The van der Waals surface area contributed by atoms with Crippen LogP contribution in [0.3, 0.4) is 0 Å². The van der Waals surface area contributed by atoms with Crippen molar-refractivity contribution in [3.63, 3.8) is 0 Å². The van der Waals surface area contributed by atoms with Crippen molar-refractivity contribution < 1.29 is 32.8 Å². The SMILES string of the molecule is Nc1noc(C#Cc2nc3oc(C4(C(=O)O)CC4)nc3o2)c1NC(=O)OCc1ccccc1Cl. The lowest BCUT2D eigenvalue weighted by molar-refractivity contribution is -0.140. The Morgan fingerprint density at radius 1 is 1.21 bits per heavy atom. The highest BCUT2D eigenvalue weighted by atomic mass is 35.5. The van der Waals surface area contributed by atoms with E-state index in [9.17, 15) is 14.7 Å². The summed E-state index contributed by atoms with van der Waals surface area (Å²) >= 11 is 6.04. The van der Waals surface area contributed by atoms with Crippen molar-refractivity contribution in [1.82, 2.24) is 15.1 Å². The number of oxazole rings is 2. The van der Waals surface area contributed by atoms with Crippen LogP contribution < -0.4 is 11.1 Å². The molecule has 0 aliphatic heterocycles. The number of hydrogen-bond acceptors (Lipinski definition) is 10. The number of nitrogens with two attached hydrogens (primary N) is 1. The molecule has 0 bridgehead atoms. The van der Waals surface area contributed by atoms with Gasteiger partial charge in [-0.05, 0) is 24.8 Å². The third kappa shape index (κ3) is 3.89. The number of anilines is 2. The van der Waals surface area contributed by atoms with Crippen LogP contribution in [0.5, 0.6) is 0 Å². The van der Waals surface area contributed by atoms with Gasteiger partial charge in [0, 0.05) is 16.5 Å². The molecule has 1 aliphatic rings. The van der Waals surface area contributed by atoms with Gasteiger partial charge in [0.1, 0.15) is 17.7 Å². The van der Waals surface area contributed by atoms with Crippen LogP contribution in [0.15, 0.2) is 37.6 Å². The standard InChI is InChI=1S/C21H14ClN5O7/c22-11-4-2-1-3-10(11)9-31-20(30)25-14-12(34-27-15(14)23)5-6-13-24-16-17(32-13)26-18(33-16)21(7-8-21)19(28)29/h1-4H,7-9H2,(H2,23,27)(H,25,30)(H,28,29). The van der Waals surface area contributed by atoms with Gasteiger partial charge in [0.25, 0.3) is 17.3 Å². The molecule has 1 amide bonds. The summed E-state index contributed by atoms with van der Waals surface area (Å²) in [5.74, 6) is 3.95. The fourth-order valence-electron chi connectivity index (χ4n) is 3.06. The molecule has 12 nitrogen and oxygen atoms in total. The van der Waals surface area contributed by atoms with E-state index in [1.807, 2.05) is 0 Å². The van der Waals surface area contributed by atoms with Crippen molar-refractivity contribution in [3.8, 4) is 11.8 Å². The highest BCUT2D eigenvalue weighted by molar-refractivity contribution is 6.31. The van der Waals surface area contributed by atoms with Gasteiger partial charge < -0.3 is 28.9 Å². The number of aromatic nitrogens is 3. The van der Waals surface area contributed by atoms with Crippen LogP contribution in [0.1, 0.15) is 35.9 Å². The summed E-state index contributed by atoms with van der Waals surface area (Å²) in [5.41, 5.74) is 5.29. The van der Waals surface area contributed by atoms with Crippen molar-refractivity contribution in [2.75, 3.05) is 11.1 Å². The van der Waals surface area contributed by atoms with Gasteiger partial charge in [-0.2, -0.15) is 9.97 Å². The molecule has 1 saturated carbocycles. The molecular formula is C21H14ClN5O7. The van der Waals surface area contributed by atoms with Crippen molar-refractivity contribution in [2.45, 2.75) is 24.9 Å². The maximum Gasteiger partial charge on any atom is 0.412 e. The molecular weight excluding hydrogens is 470 g/mol. The first-order valence-corrected chi connectivity index (χ1v) is 10.2. The highest BCUT2D eigenvalue weighted by Gasteiger charge is 2.56. The summed E-state index contributed by atoms with van der Waals surface area (Å²) in [7, 11) is 0. The molecule has 3 heterocycles. The molecule has 5 rings (SSSR count). The van der Waals surface area contributed by atoms with Gasteiger partial charge in [-0.1, -0.05) is 35.0 Å². The Bertz CT molecular complexity index is 1460. The molecule has 34 heavy (non-hydrogen) atoms. The normalized spacial score (nSPS) is 13.8. The molecule has 172 valence electrons. The zero-order chi connectivity index (χ0) is 23.9. The number of carboxylic acids is 1. The van der Waals surface area contributed by atoms with Crippen molar-refractivity contribution in [1.29, 1.82) is 0 Å². The average molecular weight is 484 g/mol. The number of benzene rings is 1. The number of nitrogens with one attached hydrogen (secondary N) is 1. The number of amides is 1. The molecule has 0 radical (unpaired) electrons. The van der Waals surface area contributed by atoms with Gasteiger partial charge in [-0.15, -0.1) is 0 Å². The maximum absolute atomic E-state index is 12.2. The molecule has 0 saturated heterocycles. The van der Waals surface area contributed by atoms with Gasteiger partial charge in [-0.3, -0.25) is 10.1 Å². The van der Waals surface area contributed by atoms with E-state index in [0.717, 1.165) is 0 Å². The number of aliphatic carboxylic acids is 1. The van der Waals surface area contributed by atoms with Crippen LogP contribution in [0.25, 0.3) is 11.4 Å². The van der Waals surface area contributed by atoms with Crippen molar-refractivity contribution >= 4 is 46.6 Å². The predicted molar refractivity (Wildman–Crippen MR) is 115 cm³/mol. The molecule has 4 N–H and O–H groups in total. The zero-order valence-corrected chi connectivity index (χ0v) is 17.9. The first-order valence-electron chi connectivity index (χ1n) is 9.81. The lowest BCUT2D eigenvalue weighted by atomic mass is 10.1. The first-order chi connectivity index (χ1) is 16.4. The Morgan fingerprint density at radius 3 is 2.68 bits per heavy atom. The summed E-state index contributed by atoms with van der Waals surface area (Å²) in [6.07, 6.45) is 0.0409. The minimum Gasteiger partial charge on any atom is -0.480 e. The number of hydrogen-bond donors (Lipinski definition) is 3. The molecule has 0 spiro atoms. The van der Waals surface area contributed by atoms with E-state index in [-0.39, 0.29) is 47.1 Å². The number of carbonyl (C=O) groups is 2. The summed E-state index contributed by atoms with van der Waals surface area (Å²) < 4.78 is 21.0. The van der Waals surface area contributed by atoms with Gasteiger partial charge >= 0.3 is 12.1 Å². The summed E-state index contributed by atoms with van der Waals surface area (Å²) in [6, 6.07) is 6.92. The molecule has 0 atom stereocenters. The Balaban J connectivity index is 1.29. The van der Waals surface area contributed by atoms with E-state index in [2.05, 4.69) is 32.3 Å². The lowest BCUT2D eigenvalue weighted by Crippen LogP contribution is -2.19. The van der Waals surface area contributed by atoms with Crippen molar-refractivity contribution in [3.05, 3.63) is 52.4 Å². The van der Waals surface area contributed by atoms with Crippen molar-refractivity contribution in [2.24, 2.45) is 0 Å². The zero-order valence-electron chi connectivity index (χ0n) is 17.1. The van der Waals surface area contributed by atoms with E-state index >= 15 is 0 Å². The molecule has 3 aromatic heterocycles. The minimum absolute atomic E-state index is 0.00412. The number of nitrogens with zero attached hydrogens (tertiary/aromatic N) is 3. The third-order valence-electron chi connectivity index (χ3n) is 5.09. The maximum atomic E-state index is 12.2. The number of carboxylic acid groups (broad SMARTS) is 1. The van der Waals surface area contributed by atoms with Crippen LogP contribution in [0, 0.1) is 11.8 Å². The van der Waals surface area contributed by atoms with E-state index in [1.54, 1.807) is 24.3 Å². The van der Waals surface area contributed by atoms with E-state index < -0.39 is 17.5 Å². The molecule has 4 aromatic rings. The summed E-state index contributed by atoms with van der Waals surface area (Å²) in [5, 5.41) is 15.8. The average Bonchev–Trinajstić information content (AvgIpc) is 3.25. The van der Waals surface area contributed by atoms with Crippen LogP contribution in [-0.4, -0.2) is 32.3 Å². The summed E-state index contributed by atoms with van der Waals surface area (Å²) in [6.45, 7) is -0.0642. The van der Waals surface area contributed by atoms with E-state index in [1.165, 1.54) is 0 Å². The molecule has 1 fully saturated rings. The number of nitrogen functional groups attached to an aromatic ring is 1. The predicted octanol–water partition coefficient (Wildman–Crippen LogP) is 3.30. The highest BCUT2D eigenvalue weighted by Crippen LogP contribution is 2.48. The monoisotopic (exact) mass is 483 g/mol. The second-order valence-corrected chi connectivity index (χ2v) is 7.76. The fraction of sp³-hybridized carbons (Fsp3) is 0.190. The Morgan fingerprint density at radius 2 is 1.97 bits per heavy atom. The Labute approximate surface area is 195 Å². The van der Waals surface area contributed by atoms with E-state index in [0.29, 0.717) is 23.4 Å². The van der Waals surface area contributed by atoms with Crippen LogP contribution >= 0.6 is 11.6 Å². The van der Waals surface area contributed by atoms with Gasteiger partial charge in [0.05, 0.1) is 0 Å². The number of carbonyl (C=O) groups excluding carboxylic acids is 1. The molecule has 13 heteroatoms. The second kappa shape index (κ2) is 8.13. The lowest BCUT2D eigenvalue weighted by Gasteiger charge is -2.07. The Hall–Kier alpha value is -4.50. The van der Waals surface area contributed by atoms with Crippen LogP contribution in [-0.2, 0) is 21.6 Å². The minimum atomic E-state index is -1.12. The van der Waals surface area contributed by atoms with Crippen LogP contribution in [0.2, 0.25) is 5.02 Å². The fourth-order valence-corrected chi connectivity index (χ4v) is 3.25. The van der Waals surface area contributed by atoms with Crippen LogP contribution in [0.4, 0.5) is 16.3 Å². The number of halogens is 1. The Kier molecular flexibility index (Phi) is 5.10. The molecule has 1 aliphatic carbocycles. The number of rotatable bonds is 5. The smallest absolute Gasteiger partial charge is 0.412 e. The third-order valence-corrected chi connectivity index (χ3v) is 5.46. The number of ether oxygens (including phenoxy) is 1. The van der Waals surface area contributed by atoms with E-state index in [4.69, 9.17) is 35.4 Å². The van der Waals surface area contributed by atoms with Gasteiger partial charge in [-0.25, -0.2) is 4.79 Å². The van der Waals surface area contributed by atoms with Gasteiger partial charge in [0.2, 0.25) is 11.7 Å². The molecule has 0 unspecified atom stereocenters. The quantitative estimate of drug-likeness (QED) is 0.354. The number of fused-ring (bicyclic) bond motifs is 1. The molecule has 1 aromatic carbocycles. The first kappa shape index (κ1) is 21.4. The largest absolute Gasteiger partial charge is 0.480 e. The second-order valence-electron chi connectivity index (χ2n) is 7.35. The van der Waals surface area contributed by atoms with Gasteiger partial charge in [0.15, 0.2) is 5.82 Å². The topological polar surface area (TPSA) is 180 Å².